The third kappa shape index (κ3) is 6.30. The van der Waals surface area contributed by atoms with Gasteiger partial charge < -0.3 is 0 Å². The van der Waals surface area contributed by atoms with Gasteiger partial charge in [0, 0.05) is 0 Å². The number of carboxylic acids is 1. The van der Waals surface area contributed by atoms with Gasteiger partial charge in [-0.2, -0.15) is 0 Å². The zero-order valence-electron chi connectivity index (χ0n) is 13.4. The van der Waals surface area contributed by atoms with Crippen LogP contribution in [0.2, 0.25) is 0 Å². The van der Waals surface area contributed by atoms with E-state index in [0.29, 0.717) is 18.3 Å². The Balaban J connectivity index is 4.92. The van der Waals surface area contributed by atoms with Crippen LogP contribution in [-0.2, 0) is 9.59 Å². The summed E-state index contributed by atoms with van der Waals surface area (Å²) in [5.41, 5.74) is 0. The fraction of sp³-hybridized carbons (Fsp3) is 0.867. The molecule has 0 aromatic rings. The van der Waals surface area contributed by atoms with Gasteiger partial charge >= 0.3 is 132 Å². The molecule has 1 amide bonds. The monoisotopic (exact) mass is 347 g/mol. The molecule has 0 fully saturated rings. The molecule has 0 aliphatic rings. The number of rotatable bonds is 9. The summed E-state index contributed by atoms with van der Waals surface area (Å²) < 4.78 is 1.73. The van der Waals surface area contributed by atoms with Crippen LogP contribution in [0.3, 0.4) is 0 Å². The van der Waals surface area contributed by atoms with E-state index in [0.717, 1.165) is 12.8 Å². The van der Waals surface area contributed by atoms with E-state index in [4.69, 9.17) is 5.11 Å². The van der Waals surface area contributed by atoms with E-state index < -0.39 is 5.97 Å². The van der Waals surface area contributed by atoms with Crippen LogP contribution in [0.4, 0.5) is 0 Å². The van der Waals surface area contributed by atoms with Gasteiger partial charge in [0.15, 0.2) is 0 Å². The molecule has 118 valence electrons. The molecule has 5 heteroatoms. The van der Waals surface area contributed by atoms with Gasteiger partial charge in [-0.15, -0.1) is 0 Å². The number of hydrogen-bond donors (Lipinski definition) is 1. The minimum atomic E-state index is -0.829. The number of aliphatic carboxylic acids is 1. The van der Waals surface area contributed by atoms with Crippen LogP contribution in [-0.4, -0.2) is 43.9 Å². The Morgan fingerprint density at radius 1 is 1.10 bits per heavy atom. The van der Waals surface area contributed by atoms with Gasteiger partial charge in [-0.1, -0.05) is 0 Å². The van der Waals surface area contributed by atoms with E-state index in [1.54, 1.807) is 3.82 Å². The number of amides is 1. The molecule has 5 atom stereocenters. The predicted octanol–water partition coefficient (Wildman–Crippen LogP) is 2.32. The van der Waals surface area contributed by atoms with Crippen molar-refractivity contribution in [2.24, 2.45) is 17.8 Å². The average Bonchev–Trinajstić information content (AvgIpc) is 2.41. The van der Waals surface area contributed by atoms with Crippen molar-refractivity contribution in [3.8, 4) is 0 Å². The van der Waals surface area contributed by atoms with Crippen LogP contribution in [0.5, 0.6) is 0 Å². The molecule has 5 unspecified atom stereocenters. The summed E-state index contributed by atoms with van der Waals surface area (Å²) in [5.74, 6) is 0.216. The number of carbonyl (C=O) groups is 2. The third-order valence-electron chi connectivity index (χ3n) is 4.40. The Morgan fingerprint density at radius 3 is 2.05 bits per heavy atom. The normalized spacial score (nSPS) is 17.1. The van der Waals surface area contributed by atoms with Crippen LogP contribution in [0.15, 0.2) is 0 Å². The molecule has 0 aromatic carbocycles. The third-order valence-corrected chi connectivity index (χ3v) is 5.81. The molecule has 0 bridgehead atoms. The molecule has 0 aliphatic heterocycles. The number of hydrogen-bond acceptors (Lipinski definition) is 2. The molecular formula is C15H30AsNO3. The summed E-state index contributed by atoms with van der Waals surface area (Å²) in [6, 6.07) is -0.195. The zero-order valence-corrected chi connectivity index (χ0v) is 15.8. The fourth-order valence-electron chi connectivity index (χ4n) is 2.20. The van der Waals surface area contributed by atoms with Gasteiger partial charge in [-0.25, -0.2) is 0 Å². The van der Waals surface area contributed by atoms with Crippen molar-refractivity contribution in [3.63, 3.8) is 0 Å². The molecule has 0 aromatic heterocycles. The van der Waals surface area contributed by atoms with Gasteiger partial charge in [-0.3, -0.25) is 0 Å². The average molecular weight is 347 g/mol. The molecule has 0 aliphatic carbocycles. The van der Waals surface area contributed by atoms with E-state index in [9.17, 15) is 9.59 Å². The first kappa shape index (κ1) is 19.5. The Kier molecular flexibility index (Phi) is 9.20. The standard InChI is InChI=1S/C15H30AsNO3/c1-6-10(3)8-14(18)17(16)13(9-15(19)20)12(5)11(4)7-2/h10-13H,6-9,16H2,1-5H3,(H,19,20). The molecule has 0 spiro atoms. The molecule has 0 heterocycles. The second-order valence-corrected chi connectivity index (χ2v) is 7.10. The number of nitrogens with zero attached hydrogens (tertiary/aromatic N) is 1. The molecule has 0 saturated carbocycles. The number of carboxylic acid groups (broad SMARTS) is 1. The van der Waals surface area contributed by atoms with Crippen molar-refractivity contribution in [3.05, 3.63) is 0 Å². The second-order valence-electron chi connectivity index (χ2n) is 5.93. The Bertz CT molecular complexity index is 322. The van der Waals surface area contributed by atoms with E-state index in [2.05, 4.69) is 34.6 Å². The van der Waals surface area contributed by atoms with Crippen molar-refractivity contribution < 1.29 is 14.7 Å². The van der Waals surface area contributed by atoms with E-state index in [1.165, 1.54) is 17.1 Å². The van der Waals surface area contributed by atoms with Crippen LogP contribution in [0.1, 0.15) is 60.3 Å². The summed E-state index contributed by atoms with van der Waals surface area (Å²) in [7, 11) is 0. The van der Waals surface area contributed by atoms with Crippen LogP contribution < -0.4 is 0 Å². The summed E-state index contributed by atoms with van der Waals surface area (Å²) in [6.07, 6.45) is 2.52. The van der Waals surface area contributed by atoms with E-state index in [1.807, 2.05) is 0 Å². The molecular weight excluding hydrogens is 317 g/mol. The van der Waals surface area contributed by atoms with Crippen LogP contribution in [0, 0.1) is 17.8 Å². The number of carbonyl (C=O) groups excluding carboxylic acids is 1. The Morgan fingerprint density at radius 2 is 1.65 bits per heavy atom. The summed E-state index contributed by atoms with van der Waals surface area (Å²) in [6.45, 7) is 10.4. The van der Waals surface area contributed by atoms with Crippen LogP contribution in [0.25, 0.3) is 0 Å². The SMILES string of the molecule is CCC(C)CC(=O)N([AsH2])C(CC(=O)O)C(C)C(C)CC. The molecule has 1 N–H and O–H groups in total. The molecule has 0 radical (unpaired) electrons. The Hall–Kier alpha value is -0.502. The fourth-order valence-corrected chi connectivity index (χ4v) is 3.21. The van der Waals surface area contributed by atoms with Crippen molar-refractivity contribution in [2.75, 3.05) is 0 Å². The zero-order chi connectivity index (χ0) is 15.9. The van der Waals surface area contributed by atoms with Gasteiger partial charge in [-0.05, 0) is 0 Å². The second kappa shape index (κ2) is 9.44. The van der Waals surface area contributed by atoms with Crippen LogP contribution >= 0.6 is 0 Å². The van der Waals surface area contributed by atoms with E-state index in [-0.39, 0.29) is 24.3 Å². The van der Waals surface area contributed by atoms with Crippen molar-refractivity contribution in [2.45, 2.75) is 66.3 Å². The first-order valence-corrected chi connectivity index (χ1v) is 8.61. The minimum absolute atomic E-state index is 0.0377. The summed E-state index contributed by atoms with van der Waals surface area (Å²) >= 11 is 1.22. The molecule has 0 saturated heterocycles. The van der Waals surface area contributed by atoms with Gasteiger partial charge in [0.25, 0.3) is 0 Å². The van der Waals surface area contributed by atoms with Crippen molar-refractivity contribution in [1.82, 2.24) is 3.82 Å². The van der Waals surface area contributed by atoms with Gasteiger partial charge in [0.2, 0.25) is 0 Å². The summed E-state index contributed by atoms with van der Waals surface area (Å²) in [4.78, 5) is 23.4. The quantitative estimate of drug-likeness (QED) is 0.651. The van der Waals surface area contributed by atoms with Crippen molar-refractivity contribution >= 4 is 29.0 Å². The van der Waals surface area contributed by atoms with Gasteiger partial charge in [0.1, 0.15) is 0 Å². The van der Waals surface area contributed by atoms with Crippen molar-refractivity contribution in [1.29, 1.82) is 0 Å². The molecule has 4 nitrogen and oxygen atoms in total. The van der Waals surface area contributed by atoms with Gasteiger partial charge in [0.05, 0.1) is 0 Å². The topological polar surface area (TPSA) is 57.6 Å². The molecule has 0 rings (SSSR count). The molecule has 20 heavy (non-hydrogen) atoms. The maximum atomic E-state index is 12.3. The Labute approximate surface area is 132 Å². The maximum absolute atomic E-state index is 12.3. The first-order valence-electron chi connectivity index (χ1n) is 7.52. The predicted molar refractivity (Wildman–Crippen MR) is 84.1 cm³/mol. The van der Waals surface area contributed by atoms with E-state index >= 15 is 0 Å². The summed E-state index contributed by atoms with van der Waals surface area (Å²) in [5, 5.41) is 9.11. The first-order chi connectivity index (χ1) is 9.24.